The summed E-state index contributed by atoms with van der Waals surface area (Å²) in [7, 11) is 0. The third-order valence-electron chi connectivity index (χ3n) is 4.79. The molecule has 0 radical (unpaired) electrons. The van der Waals surface area contributed by atoms with Crippen LogP contribution in [0.1, 0.15) is 48.1 Å². The summed E-state index contributed by atoms with van der Waals surface area (Å²) in [6, 6.07) is 23.4. The number of Topliss-reactive ketones (excluding diaryl/α,β-unsaturated/α-hetero) is 1. The number of carbonyl (C=O) groups is 1. The van der Waals surface area contributed by atoms with E-state index in [0.29, 0.717) is 12.0 Å². The fourth-order valence-electron chi connectivity index (χ4n) is 3.07. The van der Waals surface area contributed by atoms with Crippen molar-refractivity contribution in [3.8, 4) is 5.75 Å². The first-order valence-electron chi connectivity index (χ1n) is 10.1. The van der Waals surface area contributed by atoms with Gasteiger partial charge in [0.15, 0.2) is 5.78 Å². The summed E-state index contributed by atoms with van der Waals surface area (Å²) in [5.41, 5.74) is 2.72. The predicted octanol–water partition coefficient (Wildman–Crippen LogP) is 7.82. The molecule has 5 heteroatoms. The fraction of sp³-hybridized carbons (Fsp3) is 0.240. The molecule has 0 aliphatic carbocycles. The van der Waals surface area contributed by atoms with Gasteiger partial charge in [-0.15, -0.1) is 0 Å². The van der Waals surface area contributed by atoms with Gasteiger partial charge in [0.2, 0.25) is 0 Å². The van der Waals surface area contributed by atoms with Gasteiger partial charge >= 0.3 is 0 Å². The molecule has 0 amide bonds. The Bertz CT molecular complexity index is 938. The van der Waals surface area contributed by atoms with Crippen molar-refractivity contribution in [1.82, 2.24) is 0 Å². The van der Waals surface area contributed by atoms with Crippen LogP contribution >= 0.6 is 31.9 Å². The minimum Gasteiger partial charge on any atom is -0.494 e. The Labute approximate surface area is 195 Å². The summed E-state index contributed by atoms with van der Waals surface area (Å²) in [5, 5.41) is 3.51. The third-order valence-corrected chi connectivity index (χ3v) is 5.85. The maximum absolute atomic E-state index is 12.9. The molecule has 3 nitrogen and oxygen atoms in total. The van der Waals surface area contributed by atoms with E-state index in [2.05, 4.69) is 44.1 Å². The lowest BCUT2D eigenvalue weighted by molar-refractivity contribution is 0.0976. The number of benzene rings is 3. The van der Waals surface area contributed by atoms with Gasteiger partial charge < -0.3 is 10.1 Å². The van der Waals surface area contributed by atoms with E-state index in [0.717, 1.165) is 45.4 Å². The minimum atomic E-state index is -0.146. The lowest BCUT2D eigenvalue weighted by Gasteiger charge is -2.21. The molecular weight excluding hydrogens is 506 g/mol. The first-order chi connectivity index (χ1) is 14.5. The summed E-state index contributed by atoms with van der Waals surface area (Å²) in [4.78, 5) is 12.9. The maximum Gasteiger partial charge on any atom is 0.165 e. The van der Waals surface area contributed by atoms with Crippen molar-refractivity contribution in [2.24, 2.45) is 0 Å². The molecule has 0 saturated carbocycles. The number of anilines is 1. The highest BCUT2D eigenvalue weighted by atomic mass is 79.9. The number of hydrogen-bond donors (Lipinski definition) is 1. The van der Waals surface area contributed by atoms with Crippen LogP contribution in [0.15, 0.2) is 81.7 Å². The van der Waals surface area contributed by atoms with Crippen LogP contribution in [0.2, 0.25) is 0 Å². The van der Waals surface area contributed by atoms with Crippen molar-refractivity contribution in [1.29, 1.82) is 0 Å². The zero-order valence-corrected chi connectivity index (χ0v) is 20.1. The van der Waals surface area contributed by atoms with Crippen LogP contribution in [-0.4, -0.2) is 12.4 Å². The molecule has 1 N–H and O–H groups in total. The van der Waals surface area contributed by atoms with Gasteiger partial charge in [-0.25, -0.2) is 0 Å². The van der Waals surface area contributed by atoms with Gasteiger partial charge in [0.25, 0.3) is 0 Å². The standard InChI is InChI=1S/C25H25Br2NO2/c1-2-3-16-30-23-14-6-18(7-15-23)24(28-22-12-10-21(27)11-13-22)17-25(29)19-4-8-20(26)9-5-19/h4-15,24,28H,2-3,16-17H2,1H3/t24-/m1/s1. The Morgan fingerprint density at radius 1 is 0.900 bits per heavy atom. The summed E-state index contributed by atoms with van der Waals surface area (Å²) in [6.07, 6.45) is 2.50. The van der Waals surface area contributed by atoms with Crippen LogP contribution in [-0.2, 0) is 0 Å². The number of ketones is 1. The van der Waals surface area contributed by atoms with Crippen molar-refractivity contribution in [2.75, 3.05) is 11.9 Å². The molecule has 156 valence electrons. The molecule has 0 aliphatic heterocycles. The third kappa shape index (κ3) is 6.71. The normalized spacial score (nSPS) is 11.7. The zero-order valence-electron chi connectivity index (χ0n) is 16.9. The second-order valence-corrected chi connectivity index (χ2v) is 8.94. The molecule has 0 fully saturated rings. The number of unbranched alkanes of at least 4 members (excludes halogenated alkanes) is 1. The quantitative estimate of drug-likeness (QED) is 0.214. The minimum absolute atomic E-state index is 0.0976. The number of rotatable bonds is 10. The Hall–Kier alpha value is -2.11. The number of hydrogen-bond acceptors (Lipinski definition) is 3. The first kappa shape index (κ1) is 22.6. The molecule has 0 spiro atoms. The van der Waals surface area contributed by atoms with E-state index < -0.39 is 0 Å². The van der Waals surface area contributed by atoms with Gasteiger partial charge in [0, 0.05) is 26.6 Å². The van der Waals surface area contributed by atoms with E-state index in [1.165, 1.54) is 0 Å². The second kappa shape index (κ2) is 11.3. The highest BCUT2D eigenvalue weighted by Crippen LogP contribution is 2.27. The molecule has 30 heavy (non-hydrogen) atoms. The van der Waals surface area contributed by atoms with Gasteiger partial charge in [-0.3, -0.25) is 4.79 Å². The predicted molar refractivity (Wildman–Crippen MR) is 130 cm³/mol. The molecule has 0 aromatic heterocycles. The lowest BCUT2D eigenvalue weighted by Crippen LogP contribution is -2.16. The van der Waals surface area contributed by atoms with Gasteiger partial charge in [0.05, 0.1) is 12.6 Å². The summed E-state index contributed by atoms with van der Waals surface area (Å²) < 4.78 is 7.76. The molecular formula is C25H25Br2NO2. The fourth-order valence-corrected chi connectivity index (χ4v) is 3.60. The summed E-state index contributed by atoms with van der Waals surface area (Å²) >= 11 is 6.89. The van der Waals surface area contributed by atoms with Gasteiger partial charge in [-0.1, -0.05) is 69.5 Å². The summed E-state index contributed by atoms with van der Waals surface area (Å²) in [5.74, 6) is 0.953. The topological polar surface area (TPSA) is 38.3 Å². The highest BCUT2D eigenvalue weighted by Gasteiger charge is 2.18. The number of carbonyl (C=O) groups excluding carboxylic acids is 1. The van der Waals surface area contributed by atoms with E-state index in [-0.39, 0.29) is 11.8 Å². The number of halogens is 2. The van der Waals surface area contributed by atoms with E-state index in [1.54, 1.807) is 0 Å². The monoisotopic (exact) mass is 529 g/mol. The lowest BCUT2D eigenvalue weighted by atomic mass is 9.97. The average molecular weight is 531 g/mol. The van der Waals surface area contributed by atoms with Crippen molar-refractivity contribution < 1.29 is 9.53 Å². The summed E-state index contributed by atoms with van der Waals surface area (Å²) in [6.45, 7) is 2.87. The molecule has 0 unspecified atom stereocenters. The Morgan fingerprint density at radius 2 is 1.50 bits per heavy atom. The SMILES string of the molecule is CCCCOc1ccc([C@@H](CC(=O)c2ccc(Br)cc2)Nc2ccc(Br)cc2)cc1. The second-order valence-electron chi connectivity index (χ2n) is 7.11. The number of ether oxygens (including phenoxy) is 1. The van der Waals surface area contributed by atoms with Crippen LogP contribution in [0.4, 0.5) is 5.69 Å². The average Bonchev–Trinajstić information content (AvgIpc) is 2.76. The van der Waals surface area contributed by atoms with Crippen LogP contribution < -0.4 is 10.1 Å². The molecule has 0 bridgehead atoms. The molecule has 1 atom stereocenters. The Kier molecular flexibility index (Phi) is 8.52. The van der Waals surface area contributed by atoms with Crippen LogP contribution in [0.3, 0.4) is 0 Å². The van der Waals surface area contributed by atoms with E-state index in [1.807, 2.05) is 72.8 Å². The van der Waals surface area contributed by atoms with Crippen LogP contribution in [0.25, 0.3) is 0 Å². The molecule has 0 heterocycles. The highest BCUT2D eigenvalue weighted by molar-refractivity contribution is 9.10. The largest absolute Gasteiger partial charge is 0.494 e. The van der Waals surface area contributed by atoms with Crippen molar-refractivity contribution in [3.05, 3.63) is 92.9 Å². The van der Waals surface area contributed by atoms with Crippen LogP contribution in [0, 0.1) is 0 Å². The molecule has 3 aromatic carbocycles. The molecule has 0 aliphatic rings. The van der Waals surface area contributed by atoms with E-state index in [4.69, 9.17) is 4.74 Å². The van der Waals surface area contributed by atoms with E-state index in [9.17, 15) is 4.79 Å². The van der Waals surface area contributed by atoms with Gasteiger partial charge in [0.1, 0.15) is 5.75 Å². The van der Waals surface area contributed by atoms with Crippen molar-refractivity contribution in [3.63, 3.8) is 0 Å². The van der Waals surface area contributed by atoms with Crippen molar-refractivity contribution >= 4 is 43.3 Å². The zero-order chi connectivity index (χ0) is 21.3. The van der Waals surface area contributed by atoms with Gasteiger partial charge in [-0.2, -0.15) is 0 Å². The smallest absolute Gasteiger partial charge is 0.165 e. The Morgan fingerprint density at radius 3 is 2.10 bits per heavy atom. The molecule has 3 rings (SSSR count). The molecule has 3 aromatic rings. The van der Waals surface area contributed by atoms with Crippen LogP contribution in [0.5, 0.6) is 5.75 Å². The Balaban J connectivity index is 1.78. The number of nitrogens with one attached hydrogen (secondary N) is 1. The van der Waals surface area contributed by atoms with Gasteiger partial charge in [-0.05, 0) is 60.5 Å². The maximum atomic E-state index is 12.9. The van der Waals surface area contributed by atoms with E-state index >= 15 is 0 Å². The van der Waals surface area contributed by atoms with Crippen molar-refractivity contribution in [2.45, 2.75) is 32.2 Å². The molecule has 0 saturated heterocycles. The first-order valence-corrected chi connectivity index (χ1v) is 11.7.